The number of hydrogen-bond donors (Lipinski definition) is 2. The van der Waals surface area contributed by atoms with Crippen LogP contribution in [0.25, 0.3) is 0 Å². The number of carbonyl (C=O) groups excluding carboxylic acids is 1. The van der Waals surface area contributed by atoms with Gasteiger partial charge < -0.3 is 5.32 Å². The predicted octanol–water partition coefficient (Wildman–Crippen LogP) is 4.02. The Labute approximate surface area is 147 Å². The molecule has 0 radical (unpaired) electrons. The van der Waals surface area contributed by atoms with Crippen LogP contribution in [0.4, 0.5) is 11.4 Å². The molecule has 2 aromatic rings. The van der Waals surface area contributed by atoms with Crippen molar-refractivity contribution in [2.45, 2.75) is 32.6 Å². The largest absolute Gasteiger partial charge is 0.326 e. The minimum absolute atomic E-state index is 0.174. The predicted molar refractivity (Wildman–Crippen MR) is 97.2 cm³/mol. The summed E-state index contributed by atoms with van der Waals surface area (Å²) < 4.78 is 28.0. The van der Waals surface area contributed by atoms with Crippen molar-refractivity contribution in [3.63, 3.8) is 0 Å². The molecule has 0 bridgehead atoms. The fourth-order valence-corrected chi connectivity index (χ4v) is 4.42. The van der Waals surface area contributed by atoms with Crippen molar-refractivity contribution in [2.24, 2.45) is 0 Å². The van der Waals surface area contributed by atoms with Gasteiger partial charge >= 0.3 is 0 Å². The molecule has 24 heavy (non-hydrogen) atoms. The zero-order valence-corrected chi connectivity index (χ0v) is 15.5. The van der Waals surface area contributed by atoms with Crippen molar-refractivity contribution in [1.29, 1.82) is 0 Å². The highest BCUT2D eigenvalue weighted by Crippen LogP contribution is 2.29. The molecular formula is C17H19ClN2O3S. The average Bonchev–Trinajstić information content (AvgIpc) is 2.39. The fourth-order valence-electron chi connectivity index (χ4n) is 2.55. The molecule has 0 aromatic heterocycles. The molecule has 0 fully saturated rings. The molecule has 0 aliphatic heterocycles. The van der Waals surface area contributed by atoms with Crippen LogP contribution in [-0.2, 0) is 14.8 Å². The molecule has 0 aliphatic carbocycles. The summed E-state index contributed by atoms with van der Waals surface area (Å²) >= 11 is 6.11. The van der Waals surface area contributed by atoms with Gasteiger partial charge in [-0.15, -0.1) is 0 Å². The molecule has 1 amide bonds. The van der Waals surface area contributed by atoms with Crippen LogP contribution in [0.3, 0.4) is 0 Å². The number of sulfonamides is 1. The normalized spacial score (nSPS) is 11.2. The third-order valence-corrected chi connectivity index (χ3v) is 5.40. The summed E-state index contributed by atoms with van der Waals surface area (Å²) in [6.45, 7) is 6.64. The van der Waals surface area contributed by atoms with E-state index in [1.807, 2.05) is 6.92 Å². The van der Waals surface area contributed by atoms with Gasteiger partial charge in [-0.2, -0.15) is 0 Å². The molecule has 0 saturated carbocycles. The molecule has 2 rings (SSSR count). The SMILES string of the molecule is CC(=O)Nc1cc(C)c(S(=O)(=O)Nc2ccc(C)cc2Cl)c(C)c1. The van der Waals surface area contributed by atoms with Gasteiger partial charge in [0.1, 0.15) is 0 Å². The van der Waals surface area contributed by atoms with E-state index in [4.69, 9.17) is 11.6 Å². The number of nitrogens with one attached hydrogen (secondary N) is 2. The molecule has 0 spiro atoms. The van der Waals surface area contributed by atoms with Crippen LogP contribution >= 0.6 is 11.6 Å². The minimum atomic E-state index is -3.80. The van der Waals surface area contributed by atoms with E-state index in [9.17, 15) is 13.2 Å². The van der Waals surface area contributed by atoms with Crippen LogP contribution in [0.5, 0.6) is 0 Å². The topological polar surface area (TPSA) is 75.3 Å². The quantitative estimate of drug-likeness (QED) is 0.857. The second kappa shape index (κ2) is 6.83. The first kappa shape index (κ1) is 18.3. The van der Waals surface area contributed by atoms with Crippen molar-refractivity contribution in [3.8, 4) is 0 Å². The van der Waals surface area contributed by atoms with Crippen molar-refractivity contribution < 1.29 is 13.2 Å². The van der Waals surface area contributed by atoms with Gasteiger partial charge in [0.25, 0.3) is 10.0 Å². The maximum absolute atomic E-state index is 12.8. The Morgan fingerprint density at radius 2 is 1.62 bits per heavy atom. The Morgan fingerprint density at radius 1 is 1.04 bits per heavy atom. The lowest BCUT2D eigenvalue weighted by molar-refractivity contribution is -0.114. The average molecular weight is 367 g/mol. The maximum Gasteiger partial charge on any atom is 0.262 e. The van der Waals surface area contributed by atoms with Crippen LogP contribution in [-0.4, -0.2) is 14.3 Å². The molecule has 0 atom stereocenters. The van der Waals surface area contributed by atoms with E-state index in [0.29, 0.717) is 27.5 Å². The monoisotopic (exact) mass is 366 g/mol. The highest BCUT2D eigenvalue weighted by molar-refractivity contribution is 7.92. The molecule has 2 aromatic carbocycles. The molecule has 128 valence electrons. The summed E-state index contributed by atoms with van der Waals surface area (Å²) in [5.74, 6) is -0.214. The molecule has 0 saturated heterocycles. The molecule has 0 unspecified atom stereocenters. The minimum Gasteiger partial charge on any atom is -0.326 e. The lowest BCUT2D eigenvalue weighted by Gasteiger charge is -2.15. The zero-order valence-electron chi connectivity index (χ0n) is 13.9. The van der Waals surface area contributed by atoms with E-state index >= 15 is 0 Å². The Kier molecular flexibility index (Phi) is 5.20. The van der Waals surface area contributed by atoms with E-state index in [1.165, 1.54) is 6.92 Å². The smallest absolute Gasteiger partial charge is 0.262 e. The number of aryl methyl sites for hydroxylation is 3. The number of anilines is 2. The zero-order chi connectivity index (χ0) is 18.1. The van der Waals surface area contributed by atoms with Crippen LogP contribution in [0.15, 0.2) is 35.2 Å². The van der Waals surface area contributed by atoms with Gasteiger partial charge in [-0.1, -0.05) is 17.7 Å². The van der Waals surface area contributed by atoms with Crippen LogP contribution in [0.1, 0.15) is 23.6 Å². The maximum atomic E-state index is 12.8. The highest BCUT2D eigenvalue weighted by Gasteiger charge is 2.21. The summed E-state index contributed by atoms with van der Waals surface area (Å²) in [6.07, 6.45) is 0. The third kappa shape index (κ3) is 4.07. The molecule has 5 nitrogen and oxygen atoms in total. The van der Waals surface area contributed by atoms with Crippen LogP contribution in [0.2, 0.25) is 5.02 Å². The van der Waals surface area contributed by atoms with E-state index in [2.05, 4.69) is 10.0 Å². The van der Waals surface area contributed by atoms with Gasteiger partial charge in [0.15, 0.2) is 0 Å². The van der Waals surface area contributed by atoms with E-state index in [-0.39, 0.29) is 10.8 Å². The standard InChI is InChI=1S/C17H19ClN2O3S/c1-10-5-6-16(15(18)7-10)20-24(22,23)17-11(2)8-14(9-12(17)3)19-13(4)21/h5-9,20H,1-4H3,(H,19,21). The summed E-state index contributed by atoms with van der Waals surface area (Å²) in [5.41, 5.74) is 2.90. The molecule has 0 heterocycles. The van der Waals surface area contributed by atoms with Crippen LogP contribution < -0.4 is 10.0 Å². The molecule has 0 aliphatic rings. The van der Waals surface area contributed by atoms with E-state index < -0.39 is 10.0 Å². The highest BCUT2D eigenvalue weighted by atomic mass is 35.5. The molecular weight excluding hydrogens is 348 g/mol. The number of rotatable bonds is 4. The third-order valence-electron chi connectivity index (χ3n) is 3.42. The van der Waals surface area contributed by atoms with Crippen molar-refractivity contribution in [1.82, 2.24) is 0 Å². The van der Waals surface area contributed by atoms with Crippen molar-refractivity contribution in [2.75, 3.05) is 10.0 Å². The first-order valence-corrected chi connectivity index (χ1v) is 9.14. The summed E-state index contributed by atoms with van der Waals surface area (Å²) in [4.78, 5) is 11.3. The van der Waals surface area contributed by atoms with E-state index in [0.717, 1.165) is 5.56 Å². The van der Waals surface area contributed by atoms with Gasteiger partial charge in [-0.05, 0) is 61.7 Å². The lowest BCUT2D eigenvalue weighted by Crippen LogP contribution is -2.17. The lowest BCUT2D eigenvalue weighted by atomic mass is 10.1. The van der Waals surface area contributed by atoms with Gasteiger partial charge in [0.05, 0.1) is 15.6 Å². The fraction of sp³-hybridized carbons (Fsp3) is 0.235. The molecule has 7 heteroatoms. The summed E-state index contributed by atoms with van der Waals surface area (Å²) in [7, 11) is -3.80. The number of hydrogen-bond acceptors (Lipinski definition) is 3. The van der Waals surface area contributed by atoms with Gasteiger partial charge in [0, 0.05) is 12.6 Å². The summed E-state index contributed by atoms with van der Waals surface area (Å²) in [5, 5.41) is 2.99. The number of halogens is 1. The van der Waals surface area contributed by atoms with Gasteiger partial charge in [0.2, 0.25) is 5.91 Å². The van der Waals surface area contributed by atoms with Crippen molar-refractivity contribution in [3.05, 3.63) is 52.0 Å². The Hall–Kier alpha value is -2.05. The van der Waals surface area contributed by atoms with Gasteiger partial charge in [-0.25, -0.2) is 8.42 Å². The van der Waals surface area contributed by atoms with Crippen molar-refractivity contribution >= 4 is 38.9 Å². The van der Waals surface area contributed by atoms with Crippen LogP contribution in [0, 0.1) is 20.8 Å². The Bertz CT molecular complexity index is 885. The Morgan fingerprint density at radius 3 is 2.12 bits per heavy atom. The van der Waals surface area contributed by atoms with Gasteiger partial charge in [-0.3, -0.25) is 9.52 Å². The van der Waals surface area contributed by atoms with E-state index in [1.54, 1.807) is 44.2 Å². The first-order chi connectivity index (χ1) is 11.1. The number of amides is 1. The first-order valence-electron chi connectivity index (χ1n) is 7.28. The second-order valence-corrected chi connectivity index (χ2v) is 7.74. The number of carbonyl (C=O) groups is 1. The number of benzene rings is 2. The molecule has 2 N–H and O–H groups in total. The Balaban J connectivity index is 2.44. The summed E-state index contributed by atoms with van der Waals surface area (Å²) in [6, 6.07) is 8.35. The second-order valence-electron chi connectivity index (χ2n) is 5.71.